The fourth-order valence-electron chi connectivity index (χ4n) is 1.22. The van der Waals surface area contributed by atoms with Crippen molar-refractivity contribution in [2.75, 3.05) is 0 Å². The molecule has 0 fully saturated rings. The molecule has 1 aromatic rings. The zero-order valence-corrected chi connectivity index (χ0v) is 12.0. The Balaban J connectivity index is 2.27. The van der Waals surface area contributed by atoms with E-state index in [2.05, 4.69) is 38.8 Å². The Kier molecular flexibility index (Phi) is 6.34. The first-order valence-corrected chi connectivity index (χ1v) is 7.05. The quantitative estimate of drug-likeness (QED) is 0.682. The van der Waals surface area contributed by atoms with Crippen LogP contribution in [0, 0.1) is 0 Å². The van der Waals surface area contributed by atoms with E-state index < -0.39 is 0 Å². The van der Waals surface area contributed by atoms with Crippen LogP contribution in [0.2, 0.25) is 0 Å². The minimum Gasteiger partial charge on any atom is -0.479 e. The molecule has 0 aromatic heterocycles. The second-order valence-corrected chi connectivity index (χ2v) is 5.74. The molecule has 3 heteroatoms. The molecular formula is C12H16Br2O. The maximum absolute atomic E-state index is 5.71. The van der Waals surface area contributed by atoms with E-state index in [-0.39, 0.29) is 5.01 Å². The van der Waals surface area contributed by atoms with Gasteiger partial charge in [-0.1, -0.05) is 41.1 Å². The van der Waals surface area contributed by atoms with Crippen LogP contribution in [0.5, 0.6) is 5.75 Å². The summed E-state index contributed by atoms with van der Waals surface area (Å²) in [6.07, 6.45) is 3.29. The van der Waals surface area contributed by atoms with Gasteiger partial charge in [0.25, 0.3) is 0 Å². The number of alkyl halides is 2. The van der Waals surface area contributed by atoms with Gasteiger partial charge in [0, 0.05) is 4.83 Å². The smallest absolute Gasteiger partial charge is 0.153 e. The summed E-state index contributed by atoms with van der Waals surface area (Å²) >= 11 is 7.14. The molecule has 84 valence electrons. The van der Waals surface area contributed by atoms with Gasteiger partial charge < -0.3 is 4.74 Å². The van der Waals surface area contributed by atoms with Crippen LogP contribution in [0.1, 0.15) is 26.2 Å². The SMILES string of the molecule is CCC(Br)CCC(Br)Oc1ccccc1. The lowest BCUT2D eigenvalue weighted by Crippen LogP contribution is -2.10. The van der Waals surface area contributed by atoms with Crippen LogP contribution in [0.15, 0.2) is 30.3 Å². The molecule has 0 heterocycles. The van der Waals surface area contributed by atoms with E-state index in [1.165, 1.54) is 0 Å². The molecule has 0 bridgehead atoms. The number of para-hydroxylation sites is 1. The van der Waals surface area contributed by atoms with E-state index in [0.717, 1.165) is 25.0 Å². The predicted molar refractivity (Wildman–Crippen MR) is 72.0 cm³/mol. The summed E-state index contributed by atoms with van der Waals surface area (Å²) in [6, 6.07) is 9.89. The van der Waals surface area contributed by atoms with E-state index in [9.17, 15) is 0 Å². The van der Waals surface area contributed by atoms with E-state index in [4.69, 9.17) is 4.74 Å². The summed E-state index contributed by atoms with van der Waals surface area (Å²) in [7, 11) is 0. The lowest BCUT2D eigenvalue weighted by Gasteiger charge is -2.14. The third kappa shape index (κ3) is 5.57. The average molecular weight is 336 g/mol. The summed E-state index contributed by atoms with van der Waals surface area (Å²) in [5.41, 5.74) is 0. The first-order valence-electron chi connectivity index (χ1n) is 5.22. The van der Waals surface area contributed by atoms with E-state index in [1.807, 2.05) is 30.3 Å². The van der Waals surface area contributed by atoms with Crippen LogP contribution in [0.4, 0.5) is 0 Å². The highest BCUT2D eigenvalue weighted by Gasteiger charge is 2.08. The number of ether oxygens (including phenoxy) is 1. The topological polar surface area (TPSA) is 9.23 Å². The molecule has 0 N–H and O–H groups in total. The molecule has 0 saturated heterocycles. The normalized spacial score (nSPS) is 14.6. The molecule has 0 aliphatic heterocycles. The predicted octanol–water partition coefficient (Wildman–Crippen LogP) is 4.74. The standard InChI is InChI=1S/C12H16Br2O/c1-2-10(13)8-9-12(14)15-11-6-4-3-5-7-11/h3-7,10,12H,2,8-9H2,1H3. The van der Waals surface area contributed by atoms with E-state index in [1.54, 1.807) is 0 Å². The summed E-state index contributed by atoms with van der Waals surface area (Å²) in [5.74, 6) is 0.919. The van der Waals surface area contributed by atoms with Crippen molar-refractivity contribution >= 4 is 31.9 Å². The third-order valence-electron chi connectivity index (χ3n) is 2.16. The second-order valence-electron chi connectivity index (χ2n) is 3.42. The van der Waals surface area contributed by atoms with Gasteiger partial charge in [0.05, 0.1) is 0 Å². The Hall–Kier alpha value is -0.0200. The number of benzene rings is 1. The molecular weight excluding hydrogens is 320 g/mol. The molecule has 0 radical (unpaired) electrons. The molecule has 0 spiro atoms. The summed E-state index contributed by atoms with van der Waals surface area (Å²) in [6.45, 7) is 2.18. The van der Waals surface area contributed by atoms with E-state index in [0.29, 0.717) is 4.83 Å². The Bertz CT molecular complexity index is 264. The largest absolute Gasteiger partial charge is 0.479 e. The van der Waals surface area contributed by atoms with Gasteiger partial charge in [-0.05, 0) is 47.3 Å². The van der Waals surface area contributed by atoms with Crippen LogP contribution in [-0.2, 0) is 0 Å². The zero-order chi connectivity index (χ0) is 11.1. The van der Waals surface area contributed by atoms with Gasteiger partial charge in [0.2, 0.25) is 0 Å². The Labute approximate surface area is 108 Å². The first kappa shape index (κ1) is 13.0. The van der Waals surface area contributed by atoms with Gasteiger partial charge in [0.15, 0.2) is 5.01 Å². The average Bonchev–Trinajstić information content (AvgIpc) is 2.27. The Morgan fingerprint density at radius 3 is 2.40 bits per heavy atom. The van der Waals surface area contributed by atoms with Crippen molar-refractivity contribution in [3.63, 3.8) is 0 Å². The van der Waals surface area contributed by atoms with Gasteiger partial charge in [0.1, 0.15) is 5.75 Å². The van der Waals surface area contributed by atoms with Crippen LogP contribution in [-0.4, -0.2) is 9.84 Å². The van der Waals surface area contributed by atoms with Crippen molar-refractivity contribution in [1.82, 2.24) is 0 Å². The summed E-state index contributed by atoms with van der Waals surface area (Å²) in [4.78, 5) is 0.594. The highest BCUT2D eigenvalue weighted by molar-refractivity contribution is 9.09. The fourth-order valence-corrected chi connectivity index (χ4v) is 1.97. The summed E-state index contributed by atoms with van der Waals surface area (Å²) in [5, 5.41) is 0.103. The van der Waals surface area contributed by atoms with Crippen LogP contribution in [0.25, 0.3) is 0 Å². The van der Waals surface area contributed by atoms with E-state index >= 15 is 0 Å². The van der Waals surface area contributed by atoms with Crippen molar-refractivity contribution in [3.8, 4) is 5.75 Å². The number of rotatable bonds is 6. The van der Waals surface area contributed by atoms with Crippen molar-refractivity contribution < 1.29 is 4.74 Å². The Morgan fingerprint density at radius 2 is 1.80 bits per heavy atom. The molecule has 2 atom stereocenters. The van der Waals surface area contributed by atoms with Crippen molar-refractivity contribution in [2.45, 2.75) is 36.0 Å². The van der Waals surface area contributed by atoms with Crippen molar-refractivity contribution in [2.24, 2.45) is 0 Å². The van der Waals surface area contributed by atoms with Gasteiger partial charge in [-0.25, -0.2) is 0 Å². The van der Waals surface area contributed by atoms with Crippen LogP contribution in [0.3, 0.4) is 0 Å². The van der Waals surface area contributed by atoms with Gasteiger partial charge >= 0.3 is 0 Å². The number of hydrogen-bond donors (Lipinski definition) is 0. The molecule has 0 aliphatic rings. The first-order chi connectivity index (χ1) is 7.22. The molecule has 15 heavy (non-hydrogen) atoms. The molecule has 0 saturated carbocycles. The third-order valence-corrected chi connectivity index (χ3v) is 3.91. The van der Waals surface area contributed by atoms with Crippen LogP contribution >= 0.6 is 31.9 Å². The summed E-state index contributed by atoms with van der Waals surface area (Å²) < 4.78 is 5.71. The lowest BCUT2D eigenvalue weighted by molar-refractivity contribution is 0.279. The van der Waals surface area contributed by atoms with Gasteiger partial charge in [-0.2, -0.15) is 0 Å². The molecule has 1 nitrogen and oxygen atoms in total. The molecule has 2 unspecified atom stereocenters. The van der Waals surface area contributed by atoms with Crippen molar-refractivity contribution in [3.05, 3.63) is 30.3 Å². The monoisotopic (exact) mass is 334 g/mol. The lowest BCUT2D eigenvalue weighted by atomic mass is 10.2. The number of hydrogen-bond acceptors (Lipinski definition) is 1. The minimum atomic E-state index is 0.103. The van der Waals surface area contributed by atoms with Gasteiger partial charge in [-0.15, -0.1) is 0 Å². The zero-order valence-electron chi connectivity index (χ0n) is 8.83. The van der Waals surface area contributed by atoms with Gasteiger partial charge in [-0.3, -0.25) is 0 Å². The molecule has 0 amide bonds. The van der Waals surface area contributed by atoms with Crippen LogP contribution < -0.4 is 4.74 Å². The Morgan fingerprint density at radius 1 is 1.13 bits per heavy atom. The minimum absolute atomic E-state index is 0.103. The maximum Gasteiger partial charge on any atom is 0.153 e. The molecule has 0 aliphatic carbocycles. The molecule has 1 rings (SSSR count). The highest BCUT2D eigenvalue weighted by Crippen LogP contribution is 2.20. The highest BCUT2D eigenvalue weighted by atomic mass is 79.9. The molecule has 1 aromatic carbocycles. The maximum atomic E-state index is 5.71. The van der Waals surface area contributed by atoms with Crippen molar-refractivity contribution in [1.29, 1.82) is 0 Å². The fraction of sp³-hybridized carbons (Fsp3) is 0.500. The second kappa shape index (κ2) is 7.29. The number of halogens is 2.